The van der Waals surface area contributed by atoms with Gasteiger partial charge in [-0.15, -0.1) is 0 Å². The number of allylic oxidation sites excluding steroid dienone is 1. The van der Waals surface area contributed by atoms with Gasteiger partial charge in [-0.25, -0.2) is 0 Å². The van der Waals surface area contributed by atoms with Crippen molar-refractivity contribution in [1.82, 2.24) is 0 Å². The standard InChI is InChI=1S/C11H22O3S/c1-11(14-9-10-15)5-3-4-6-13-8-7-12-2/h15H,1,3-10H2,2H3. The molecular formula is C11H22O3S. The van der Waals surface area contributed by atoms with Crippen LogP contribution in [-0.4, -0.2) is 39.3 Å². The molecule has 90 valence electrons. The van der Waals surface area contributed by atoms with E-state index in [0.29, 0.717) is 19.8 Å². The van der Waals surface area contributed by atoms with Crippen molar-refractivity contribution in [2.24, 2.45) is 0 Å². The summed E-state index contributed by atoms with van der Waals surface area (Å²) in [6.07, 6.45) is 2.99. The van der Waals surface area contributed by atoms with E-state index in [1.165, 1.54) is 0 Å². The molecule has 3 nitrogen and oxygen atoms in total. The number of unbranched alkanes of at least 4 members (excludes halogenated alkanes) is 1. The Morgan fingerprint density at radius 2 is 1.93 bits per heavy atom. The van der Waals surface area contributed by atoms with Gasteiger partial charge in [0, 0.05) is 25.9 Å². The smallest absolute Gasteiger partial charge is 0.0964 e. The molecule has 0 bridgehead atoms. The molecule has 0 atom stereocenters. The highest BCUT2D eigenvalue weighted by Crippen LogP contribution is 2.06. The van der Waals surface area contributed by atoms with E-state index in [4.69, 9.17) is 14.2 Å². The van der Waals surface area contributed by atoms with Gasteiger partial charge >= 0.3 is 0 Å². The van der Waals surface area contributed by atoms with Crippen LogP contribution in [0.3, 0.4) is 0 Å². The lowest BCUT2D eigenvalue weighted by molar-refractivity contribution is 0.0683. The van der Waals surface area contributed by atoms with Crippen molar-refractivity contribution in [2.45, 2.75) is 19.3 Å². The molecule has 0 fully saturated rings. The SMILES string of the molecule is C=C(CCCCOCCOC)OCCS. The van der Waals surface area contributed by atoms with Crippen LogP contribution in [0, 0.1) is 0 Å². The molecule has 4 heteroatoms. The van der Waals surface area contributed by atoms with Crippen LogP contribution in [0.1, 0.15) is 19.3 Å². The van der Waals surface area contributed by atoms with E-state index < -0.39 is 0 Å². The average molecular weight is 234 g/mol. The first-order valence-electron chi connectivity index (χ1n) is 5.29. The molecule has 0 amide bonds. The Morgan fingerprint density at radius 3 is 2.60 bits per heavy atom. The Hall–Kier alpha value is -0.190. The first kappa shape index (κ1) is 14.8. The summed E-state index contributed by atoms with van der Waals surface area (Å²) in [5.41, 5.74) is 0. The largest absolute Gasteiger partial charge is 0.498 e. The van der Waals surface area contributed by atoms with Crippen molar-refractivity contribution in [3.8, 4) is 0 Å². The molecule has 0 spiro atoms. The summed E-state index contributed by atoms with van der Waals surface area (Å²) < 4.78 is 15.5. The molecule has 0 aliphatic carbocycles. The molecule has 0 unspecified atom stereocenters. The highest BCUT2D eigenvalue weighted by Gasteiger charge is 1.95. The maximum atomic E-state index is 5.33. The normalized spacial score (nSPS) is 10.3. The fourth-order valence-electron chi connectivity index (χ4n) is 1.03. The molecule has 0 aliphatic rings. The molecule has 0 N–H and O–H groups in total. The van der Waals surface area contributed by atoms with Gasteiger partial charge in [-0.2, -0.15) is 12.6 Å². The van der Waals surface area contributed by atoms with E-state index in [1.54, 1.807) is 7.11 Å². The van der Waals surface area contributed by atoms with E-state index >= 15 is 0 Å². The van der Waals surface area contributed by atoms with Crippen LogP contribution in [0.2, 0.25) is 0 Å². The van der Waals surface area contributed by atoms with E-state index in [9.17, 15) is 0 Å². The Morgan fingerprint density at radius 1 is 1.13 bits per heavy atom. The number of ether oxygens (including phenoxy) is 3. The second-order valence-corrected chi connectivity index (χ2v) is 3.62. The molecule has 0 heterocycles. The summed E-state index contributed by atoms with van der Waals surface area (Å²) in [7, 11) is 1.67. The van der Waals surface area contributed by atoms with Crippen LogP contribution >= 0.6 is 12.6 Å². The van der Waals surface area contributed by atoms with Gasteiger partial charge in [0.25, 0.3) is 0 Å². The lowest BCUT2D eigenvalue weighted by atomic mass is 10.2. The predicted molar refractivity (Wildman–Crippen MR) is 65.5 cm³/mol. The Labute approximate surface area is 98.2 Å². The molecular weight excluding hydrogens is 212 g/mol. The first-order valence-corrected chi connectivity index (χ1v) is 5.92. The molecule has 0 radical (unpaired) electrons. The topological polar surface area (TPSA) is 27.7 Å². The zero-order chi connectivity index (χ0) is 11.4. The minimum atomic E-state index is 0.645. The Kier molecular flexibility index (Phi) is 11.7. The number of rotatable bonds is 11. The van der Waals surface area contributed by atoms with Crippen LogP contribution in [0.25, 0.3) is 0 Å². The van der Waals surface area contributed by atoms with E-state index in [1.807, 2.05) is 0 Å². The summed E-state index contributed by atoms with van der Waals surface area (Å²) in [4.78, 5) is 0. The van der Waals surface area contributed by atoms with E-state index in [-0.39, 0.29) is 0 Å². The third-order valence-corrected chi connectivity index (χ3v) is 2.01. The number of hydrogen-bond acceptors (Lipinski definition) is 4. The molecule has 0 saturated carbocycles. The molecule has 0 aliphatic heterocycles. The van der Waals surface area contributed by atoms with Crippen molar-refractivity contribution in [1.29, 1.82) is 0 Å². The quantitative estimate of drug-likeness (QED) is 0.338. The summed E-state index contributed by atoms with van der Waals surface area (Å²) >= 11 is 4.05. The molecule has 15 heavy (non-hydrogen) atoms. The van der Waals surface area contributed by atoms with Gasteiger partial charge in [0.15, 0.2) is 0 Å². The van der Waals surface area contributed by atoms with Gasteiger partial charge in [0.1, 0.15) is 0 Å². The molecule has 0 aromatic carbocycles. The van der Waals surface area contributed by atoms with Gasteiger partial charge in [0.05, 0.1) is 25.6 Å². The van der Waals surface area contributed by atoms with Crippen molar-refractivity contribution in [2.75, 3.05) is 39.3 Å². The van der Waals surface area contributed by atoms with Gasteiger partial charge in [-0.1, -0.05) is 6.58 Å². The highest BCUT2D eigenvalue weighted by atomic mass is 32.1. The molecule has 0 aromatic rings. The summed E-state index contributed by atoms with van der Waals surface area (Å²) in [5.74, 6) is 1.58. The Balaban J connectivity index is 3.06. The van der Waals surface area contributed by atoms with Crippen LogP contribution in [0.4, 0.5) is 0 Å². The molecule has 0 saturated heterocycles. The summed E-state index contributed by atoms with van der Waals surface area (Å²) in [5, 5.41) is 0. The van der Waals surface area contributed by atoms with Crippen molar-refractivity contribution in [3.05, 3.63) is 12.3 Å². The second-order valence-electron chi connectivity index (χ2n) is 3.17. The highest BCUT2D eigenvalue weighted by molar-refractivity contribution is 7.80. The lowest BCUT2D eigenvalue weighted by Gasteiger charge is -2.07. The maximum Gasteiger partial charge on any atom is 0.0964 e. The van der Waals surface area contributed by atoms with Gasteiger partial charge in [0.2, 0.25) is 0 Å². The molecule has 0 rings (SSSR count). The lowest BCUT2D eigenvalue weighted by Crippen LogP contribution is -2.03. The number of hydrogen-bond donors (Lipinski definition) is 1. The monoisotopic (exact) mass is 234 g/mol. The zero-order valence-corrected chi connectivity index (χ0v) is 10.4. The fourth-order valence-corrected chi connectivity index (χ4v) is 1.12. The predicted octanol–water partition coefficient (Wildman–Crippen LogP) is 2.28. The second kappa shape index (κ2) is 11.9. The van der Waals surface area contributed by atoms with Crippen LogP contribution in [0.5, 0.6) is 0 Å². The third-order valence-electron chi connectivity index (χ3n) is 1.82. The third kappa shape index (κ3) is 11.7. The van der Waals surface area contributed by atoms with Crippen molar-refractivity contribution < 1.29 is 14.2 Å². The van der Waals surface area contributed by atoms with Crippen LogP contribution in [0.15, 0.2) is 12.3 Å². The van der Waals surface area contributed by atoms with Gasteiger partial charge < -0.3 is 14.2 Å². The zero-order valence-electron chi connectivity index (χ0n) is 9.54. The van der Waals surface area contributed by atoms with E-state index in [0.717, 1.165) is 37.4 Å². The van der Waals surface area contributed by atoms with E-state index in [2.05, 4.69) is 19.2 Å². The minimum Gasteiger partial charge on any atom is -0.498 e. The molecule has 0 aromatic heterocycles. The van der Waals surface area contributed by atoms with Gasteiger partial charge in [-0.05, 0) is 12.8 Å². The first-order chi connectivity index (χ1) is 7.31. The fraction of sp³-hybridized carbons (Fsp3) is 0.818. The van der Waals surface area contributed by atoms with Gasteiger partial charge in [-0.3, -0.25) is 0 Å². The Bertz CT molecular complexity index is 151. The van der Waals surface area contributed by atoms with Crippen molar-refractivity contribution >= 4 is 12.6 Å². The van der Waals surface area contributed by atoms with Crippen LogP contribution < -0.4 is 0 Å². The summed E-state index contributed by atoms with van der Waals surface area (Å²) in [6, 6.07) is 0. The number of methoxy groups -OCH3 is 1. The summed E-state index contributed by atoms with van der Waals surface area (Å²) in [6.45, 7) is 6.59. The minimum absolute atomic E-state index is 0.645. The van der Waals surface area contributed by atoms with Crippen molar-refractivity contribution in [3.63, 3.8) is 0 Å². The van der Waals surface area contributed by atoms with Crippen LogP contribution in [-0.2, 0) is 14.2 Å². The average Bonchev–Trinajstić information content (AvgIpc) is 2.25. The maximum absolute atomic E-state index is 5.33. The number of thiol groups is 1.